The maximum atomic E-state index is 3.10. The molecule has 2 aromatic carbocycles. The summed E-state index contributed by atoms with van der Waals surface area (Å²) in [4.78, 5) is 0. The first kappa shape index (κ1) is 16.5. The van der Waals surface area contributed by atoms with Crippen molar-refractivity contribution in [1.29, 1.82) is 0 Å². The smallest absolute Gasteiger partial charge is 0 e. The van der Waals surface area contributed by atoms with Crippen molar-refractivity contribution in [3.63, 3.8) is 0 Å². The Morgan fingerprint density at radius 2 is 1.06 bits per heavy atom. The first-order chi connectivity index (χ1) is 7.61. The summed E-state index contributed by atoms with van der Waals surface area (Å²) in [7, 11) is 0. The summed E-state index contributed by atoms with van der Waals surface area (Å²) in [6.07, 6.45) is 0. The molecule has 2 aromatic rings. The van der Waals surface area contributed by atoms with Gasteiger partial charge in [-0.25, -0.2) is 0 Å². The van der Waals surface area contributed by atoms with E-state index in [1.807, 2.05) is 24.3 Å². The Bertz CT molecular complexity index is 361. The quantitative estimate of drug-likeness (QED) is 0.639. The molecule has 0 saturated heterocycles. The molecule has 0 atom stereocenters. The summed E-state index contributed by atoms with van der Waals surface area (Å²) in [5, 5.41) is 0. The molecular weight excluding hydrogens is 281 g/mol. The van der Waals surface area contributed by atoms with Gasteiger partial charge in [-0.15, -0.1) is 0 Å². The van der Waals surface area contributed by atoms with Gasteiger partial charge < -0.3 is 0 Å². The van der Waals surface area contributed by atoms with Gasteiger partial charge in [0.2, 0.25) is 0 Å². The topological polar surface area (TPSA) is 0 Å². The van der Waals surface area contributed by atoms with Gasteiger partial charge in [-0.2, -0.15) is 70.8 Å². The predicted molar refractivity (Wildman–Crippen MR) is 69.5 cm³/mol. The maximum absolute atomic E-state index is 3.10. The zero-order valence-corrected chi connectivity index (χ0v) is 13.9. The molecule has 0 N–H and O–H groups in total. The molecule has 0 saturated carbocycles. The number of aryl methyl sites for hydroxylation is 4. The van der Waals surface area contributed by atoms with Crippen molar-refractivity contribution >= 4 is 0 Å². The molecule has 2 rings (SSSR count). The fourth-order valence-electron chi connectivity index (χ4n) is 1.21. The third kappa shape index (κ3) is 6.14. The van der Waals surface area contributed by atoms with Gasteiger partial charge in [0.1, 0.15) is 0 Å². The van der Waals surface area contributed by atoms with E-state index in [9.17, 15) is 0 Å². The van der Waals surface area contributed by atoms with Crippen LogP contribution in [0.15, 0.2) is 36.4 Å². The van der Waals surface area contributed by atoms with Crippen molar-refractivity contribution in [1.82, 2.24) is 0 Å². The fraction of sp³-hybridized carbons (Fsp3) is 0.250. The molecule has 0 amide bonds. The van der Waals surface area contributed by atoms with Crippen molar-refractivity contribution in [2.75, 3.05) is 0 Å². The molecule has 87 valence electrons. The van der Waals surface area contributed by atoms with Crippen molar-refractivity contribution in [3.05, 3.63) is 70.8 Å². The van der Waals surface area contributed by atoms with Crippen molar-refractivity contribution in [3.8, 4) is 0 Å². The second kappa shape index (κ2) is 8.61. The second-order valence-corrected chi connectivity index (χ2v) is 3.96. The van der Waals surface area contributed by atoms with Crippen LogP contribution in [0.1, 0.15) is 22.3 Å². The van der Waals surface area contributed by atoms with Crippen LogP contribution in [0.5, 0.6) is 0 Å². The van der Waals surface area contributed by atoms with E-state index in [4.69, 9.17) is 0 Å². The molecule has 0 nitrogen and oxygen atoms in total. The van der Waals surface area contributed by atoms with E-state index in [2.05, 4.69) is 52.0 Å². The summed E-state index contributed by atoms with van der Waals surface area (Å²) in [6, 6.07) is 18.2. The van der Waals surface area contributed by atoms with Crippen molar-refractivity contribution in [2.45, 2.75) is 27.7 Å². The van der Waals surface area contributed by atoms with Crippen LogP contribution >= 0.6 is 0 Å². The molecule has 17 heavy (non-hydrogen) atoms. The van der Waals surface area contributed by atoms with Crippen LogP contribution in [-0.2, 0) is 32.7 Å². The van der Waals surface area contributed by atoms with Gasteiger partial charge in [0, 0.05) is 32.7 Å². The molecule has 0 aliphatic rings. The third-order valence-electron chi connectivity index (χ3n) is 2.67. The van der Waals surface area contributed by atoms with E-state index in [1.165, 1.54) is 22.3 Å². The number of benzene rings is 2. The second-order valence-electron chi connectivity index (χ2n) is 3.96. The Labute approximate surface area is 130 Å². The van der Waals surface area contributed by atoms with Crippen LogP contribution in [0.2, 0.25) is 0 Å². The fourth-order valence-corrected chi connectivity index (χ4v) is 1.21. The van der Waals surface area contributed by atoms with Gasteiger partial charge in [-0.1, -0.05) is 27.7 Å². The maximum Gasteiger partial charge on any atom is 0 e. The SMILES string of the molecule is Cc1[c-]cccc1C.Cc1[c-]cccc1C.[Y]. The van der Waals surface area contributed by atoms with Crippen LogP contribution < -0.4 is 0 Å². The van der Waals surface area contributed by atoms with Crippen molar-refractivity contribution in [2.24, 2.45) is 0 Å². The Morgan fingerprint density at radius 1 is 0.706 bits per heavy atom. The molecule has 0 aromatic heterocycles. The summed E-state index contributed by atoms with van der Waals surface area (Å²) < 4.78 is 0. The van der Waals surface area contributed by atoms with Gasteiger partial charge in [0.15, 0.2) is 0 Å². The van der Waals surface area contributed by atoms with Gasteiger partial charge in [0.05, 0.1) is 0 Å². The first-order valence-electron chi connectivity index (χ1n) is 5.49. The largest absolute Gasteiger partial charge is 0.180 e. The Hall–Kier alpha value is -0.456. The number of hydrogen-bond acceptors (Lipinski definition) is 0. The standard InChI is InChI=1S/2C8H9.Y/c2*1-7-5-3-4-6-8(7)2;/h2*3-5H,1-2H3;/q2*-1;. The average Bonchev–Trinajstić information content (AvgIpc) is 2.28. The molecule has 0 spiro atoms. The van der Waals surface area contributed by atoms with Crippen LogP contribution in [-0.4, -0.2) is 0 Å². The molecule has 0 aliphatic heterocycles. The number of hydrogen-bond donors (Lipinski definition) is 0. The van der Waals surface area contributed by atoms with E-state index in [-0.39, 0.29) is 32.7 Å². The molecule has 1 radical (unpaired) electrons. The van der Waals surface area contributed by atoms with Crippen LogP contribution in [0.4, 0.5) is 0 Å². The van der Waals surface area contributed by atoms with E-state index in [0.29, 0.717) is 0 Å². The van der Waals surface area contributed by atoms with Crippen LogP contribution in [0.25, 0.3) is 0 Å². The van der Waals surface area contributed by atoms with Gasteiger partial charge in [-0.05, 0) is 0 Å². The molecule has 0 unspecified atom stereocenters. The van der Waals surface area contributed by atoms with Crippen molar-refractivity contribution < 1.29 is 32.7 Å². The minimum Gasteiger partial charge on any atom is -0.180 e. The molecule has 0 heterocycles. The molecule has 1 heteroatoms. The zero-order chi connectivity index (χ0) is 12.0. The summed E-state index contributed by atoms with van der Waals surface area (Å²) >= 11 is 0. The number of rotatable bonds is 0. The summed E-state index contributed by atoms with van der Waals surface area (Å²) in [6.45, 7) is 8.31. The van der Waals surface area contributed by atoms with E-state index in [0.717, 1.165) is 0 Å². The first-order valence-corrected chi connectivity index (χ1v) is 5.49. The Kier molecular flexibility index (Phi) is 8.38. The molecule has 0 fully saturated rings. The minimum absolute atomic E-state index is 0. The monoisotopic (exact) mass is 299 g/mol. The van der Waals surface area contributed by atoms with E-state index >= 15 is 0 Å². The van der Waals surface area contributed by atoms with E-state index < -0.39 is 0 Å². The molecule has 0 aliphatic carbocycles. The van der Waals surface area contributed by atoms with Gasteiger partial charge in [0.25, 0.3) is 0 Å². The van der Waals surface area contributed by atoms with Crippen LogP contribution in [0, 0.1) is 39.8 Å². The Morgan fingerprint density at radius 3 is 1.24 bits per heavy atom. The van der Waals surface area contributed by atoms with E-state index in [1.54, 1.807) is 0 Å². The minimum atomic E-state index is 0. The summed E-state index contributed by atoms with van der Waals surface area (Å²) in [5.41, 5.74) is 5.11. The van der Waals surface area contributed by atoms with Gasteiger partial charge in [-0.3, -0.25) is 0 Å². The molecular formula is C16H18Y-2. The normalized spacial score (nSPS) is 8.71. The average molecular weight is 299 g/mol. The zero-order valence-electron chi connectivity index (χ0n) is 11.0. The van der Waals surface area contributed by atoms with Crippen LogP contribution in [0.3, 0.4) is 0 Å². The molecule has 0 bridgehead atoms. The Balaban J connectivity index is 0.000000284. The predicted octanol–water partition coefficient (Wildman–Crippen LogP) is 4.20. The third-order valence-corrected chi connectivity index (χ3v) is 2.67. The van der Waals surface area contributed by atoms with Gasteiger partial charge >= 0.3 is 0 Å². The summed E-state index contributed by atoms with van der Waals surface area (Å²) in [5.74, 6) is 0.